The van der Waals surface area contributed by atoms with Crippen molar-refractivity contribution in [3.05, 3.63) is 58.6 Å². The van der Waals surface area contributed by atoms with Gasteiger partial charge in [0.15, 0.2) is 11.5 Å². The molecule has 1 amide bonds. The lowest BCUT2D eigenvalue weighted by Gasteiger charge is -2.46. The van der Waals surface area contributed by atoms with Gasteiger partial charge in [-0.1, -0.05) is 36.2 Å². The Bertz CT molecular complexity index is 888. The lowest BCUT2D eigenvalue weighted by atomic mass is 9.63. The molecule has 1 saturated heterocycles. The topological polar surface area (TPSA) is 42.0 Å². The van der Waals surface area contributed by atoms with Crippen LogP contribution in [0.3, 0.4) is 0 Å². The number of carbonyl (C=O) groups is 1. The van der Waals surface area contributed by atoms with E-state index in [1.54, 1.807) is 14.2 Å². The number of piperazine rings is 1. The molecule has 4 rings (SSSR count). The average molecular weight is 429 g/mol. The van der Waals surface area contributed by atoms with Crippen LogP contribution in [0, 0.1) is 0 Å². The SMILES string of the molecule is COc1ccc(CN2CCN(C(=O)C3(c4ccc(Cl)cc4)CCC3)CC2)cc1OC. The zero-order valence-corrected chi connectivity index (χ0v) is 18.5. The van der Waals surface area contributed by atoms with Gasteiger partial charge >= 0.3 is 0 Å². The van der Waals surface area contributed by atoms with E-state index in [1.807, 2.05) is 36.4 Å². The number of methoxy groups -OCH3 is 2. The molecule has 6 heteroatoms. The van der Waals surface area contributed by atoms with Crippen molar-refractivity contribution in [2.45, 2.75) is 31.2 Å². The quantitative estimate of drug-likeness (QED) is 0.694. The molecule has 30 heavy (non-hydrogen) atoms. The van der Waals surface area contributed by atoms with Crippen LogP contribution in [0.2, 0.25) is 5.02 Å². The predicted octanol–water partition coefficient (Wildman–Crippen LogP) is 4.12. The van der Waals surface area contributed by atoms with Gasteiger partial charge in [0.1, 0.15) is 0 Å². The standard InChI is InChI=1S/C24H29ClN2O3/c1-29-21-9-4-18(16-22(21)30-2)17-26-12-14-27(15-13-26)23(28)24(10-3-11-24)19-5-7-20(25)8-6-19/h4-9,16H,3,10-15,17H2,1-2H3. The van der Waals surface area contributed by atoms with Gasteiger partial charge in [0.25, 0.3) is 0 Å². The van der Waals surface area contributed by atoms with Crippen molar-refractivity contribution < 1.29 is 14.3 Å². The van der Waals surface area contributed by atoms with Gasteiger partial charge in [-0.3, -0.25) is 9.69 Å². The summed E-state index contributed by atoms with van der Waals surface area (Å²) < 4.78 is 10.7. The van der Waals surface area contributed by atoms with Crippen LogP contribution in [0.5, 0.6) is 11.5 Å². The first kappa shape index (κ1) is 21.0. The number of rotatable bonds is 6. The summed E-state index contributed by atoms with van der Waals surface area (Å²) in [5.74, 6) is 1.77. The van der Waals surface area contributed by atoms with Gasteiger partial charge in [0, 0.05) is 37.7 Å². The predicted molar refractivity (Wildman–Crippen MR) is 118 cm³/mol. The molecular weight excluding hydrogens is 400 g/mol. The van der Waals surface area contributed by atoms with E-state index < -0.39 is 0 Å². The molecular formula is C24H29ClN2O3. The Hall–Kier alpha value is -2.24. The van der Waals surface area contributed by atoms with Crippen molar-refractivity contribution in [3.8, 4) is 11.5 Å². The third-order valence-corrected chi connectivity index (χ3v) is 6.78. The molecule has 0 bridgehead atoms. The second-order valence-corrected chi connectivity index (χ2v) is 8.64. The van der Waals surface area contributed by atoms with E-state index >= 15 is 0 Å². The molecule has 0 N–H and O–H groups in total. The summed E-state index contributed by atoms with van der Waals surface area (Å²) in [6, 6.07) is 13.9. The molecule has 1 aliphatic carbocycles. The van der Waals surface area contributed by atoms with Crippen molar-refractivity contribution in [3.63, 3.8) is 0 Å². The van der Waals surface area contributed by atoms with E-state index in [4.69, 9.17) is 21.1 Å². The summed E-state index contributed by atoms with van der Waals surface area (Å²) in [5, 5.41) is 0.712. The van der Waals surface area contributed by atoms with Gasteiger partial charge in [-0.15, -0.1) is 0 Å². The molecule has 2 aromatic rings. The molecule has 1 heterocycles. The molecule has 0 aromatic heterocycles. The average Bonchev–Trinajstić information content (AvgIpc) is 2.74. The number of hydrogen-bond acceptors (Lipinski definition) is 4. The zero-order valence-electron chi connectivity index (χ0n) is 17.7. The Labute approximate surface area is 183 Å². The van der Waals surface area contributed by atoms with Crippen molar-refractivity contribution in [1.82, 2.24) is 9.80 Å². The molecule has 1 aliphatic heterocycles. The monoisotopic (exact) mass is 428 g/mol. The number of carbonyl (C=O) groups excluding carboxylic acids is 1. The minimum Gasteiger partial charge on any atom is -0.493 e. The van der Waals surface area contributed by atoms with Gasteiger partial charge in [0.2, 0.25) is 5.91 Å². The van der Waals surface area contributed by atoms with Gasteiger partial charge < -0.3 is 14.4 Å². The number of nitrogens with zero attached hydrogens (tertiary/aromatic N) is 2. The third kappa shape index (κ3) is 4.01. The van der Waals surface area contributed by atoms with Crippen LogP contribution in [0.25, 0.3) is 0 Å². The molecule has 0 unspecified atom stereocenters. The van der Waals surface area contributed by atoms with E-state index in [9.17, 15) is 4.79 Å². The van der Waals surface area contributed by atoms with E-state index in [1.165, 1.54) is 5.56 Å². The molecule has 0 spiro atoms. The van der Waals surface area contributed by atoms with Crippen LogP contribution in [0.4, 0.5) is 0 Å². The molecule has 2 aromatic carbocycles. The van der Waals surface area contributed by atoms with Gasteiger partial charge in [-0.2, -0.15) is 0 Å². The lowest BCUT2D eigenvalue weighted by molar-refractivity contribution is -0.142. The van der Waals surface area contributed by atoms with Crippen molar-refractivity contribution in [2.75, 3.05) is 40.4 Å². The van der Waals surface area contributed by atoms with Crippen LogP contribution in [0.15, 0.2) is 42.5 Å². The summed E-state index contributed by atoms with van der Waals surface area (Å²) in [7, 11) is 3.30. The normalized spacial score (nSPS) is 18.6. The lowest BCUT2D eigenvalue weighted by Crippen LogP contribution is -2.56. The molecule has 160 valence electrons. The minimum absolute atomic E-state index is 0.279. The first-order chi connectivity index (χ1) is 14.6. The van der Waals surface area contributed by atoms with Crippen LogP contribution < -0.4 is 9.47 Å². The second-order valence-electron chi connectivity index (χ2n) is 8.20. The third-order valence-electron chi connectivity index (χ3n) is 6.53. The maximum absolute atomic E-state index is 13.5. The summed E-state index contributed by atoms with van der Waals surface area (Å²) in [5.41, 5.74) is 1.94. The van der Waals surface area contributed by atoms with E-state index in [-0.39, 0.29) is 11.3 Å². The van der Waals surface area contributed by atoms with Gasteiger partial charge in [-0.25, -0.2) is 0 Å². The van der Waals surface area contributed by atoms with E-state index in [2.05, 4.69) is 15.9 Å². The molecule has 0 atom stereocenters. The summed E-state index contributed by atoms with van der Waals surface area (Å²) >= 11 is 6.05. The highest BCUT2D eigenvalue weighted by atomic mass is 35.5. The molecule has 2 fully saturated rings. The number of hydrogen-bond donors (Lipinski definition) is 0. The molecule has 2 aliphatic rings. The second kappa shape index (κ2) is 8.86. The largest absolute Gasteiger partial charge is 0.493 e. The minimum atomic E-state index is -0.351. The summed E-state index contributed by atoms with van der Waals surface area (Å²) in [4.78, 5) is 17.9. The Kier molecular flexibility index (Phi) is 6.21. The van der Waals surface area contributed by atoms with Gasteiger partial charge in [0.05, 0.1) is 19.6 Å². The summed E-state index contributed by atoms with van der Waals surface area (Å²) in [6.07, 6.45) is 2.96. The number of ether oxygens (including phenoxy) is 2. The van der Waals surface area contributed by atoms with E-state index in [0.29, 0.717) is 5.02 Å². The number of halogens is 1. The fourth-order valence-corrected chi connectivity index (χ4v) is 4.70. The highest BCUT2D eigenvalue weighted by Gasteiger charge is 2.47. The smallest absolute Gasteiger partial charge is 0.233 e. The van der Waals surface area contributed by atoms with E-state index in [0.717, 1.165) is 69.0 Å². The Morgan fingerprint density at radius 1 is 0.967 bits per heavy atom. The number of amides is 1. The first-order valence-electron chi connectivity index (χ1n) is 10.5. The van der Waals surface area contributed by atoms with Crippen LogP contribution in [-0.2, 0) is 16.8 Å². The fourth-order valence-electron chi connectivity index (χ4n) is 4.57. The van der Waals surface area contributed by atoms with Crippen LogP contribution in [-0.4, -0.2) is 56.1 Å². The zero-order chi connectivity index (χ0) is 21.1. The molecule has 0 radical (unpaired) electrons. The Morgan fingerprint density at radius 2 is 1.63 bits per heavy atom. The Morgan fingerprint density at radius 3 is 2.20 bits per heavy atom. The maximum Gasteiger partial charge on any atom is 0.233 e. The van der Waals surface area contributed by atoms with Crippen molar-refractivity contribution in [2.24, 2.45) is 0 Å². The van der Waals surface area contributed by atoms with Crippen molar-refractivity contribution >= 4 is 17.5 Å². The number of benzene rings is 2. The fraction of sp³-hybridized carbons (Fsp3) is 0.458. The molecule has 5 nitrogen and oxygen atoms in total. The van der Waals surface area contributed by atoms with Gasteiger partial charge in [-0.05, 0) is 48.2 Å². The highest BCUT2D eigenvalue weighted by molar-refractivity contribution is 6.30. The highest BCUT2D eigenvalue weighted by Crippen LogP contribution is 2.45. The molecule has 1 saturated carbocycles. The van der Waals surface area contributed by atoms with Crippen molar-refractivity contribution in [1.29, 1.82) is 0 Å². The maximum atomic E-state index is 13.5. The van der Waals surface area contributed by atoms with Crippen LogP contribution in [0.1, 0.15) is 30.4 Å². The first-order valence-corrected chi connectivity index (χ1v) is 10.9. The van der Waals surface area contributed by atoms with Crippen LogP contribution >= 0.6 is 11.6 Å². The summed E-state index contributed by atoms with van der Waals surface area (Å²) in [6.45, 7) is 4.11. The Balaban J connectivity index is 1.38.